The number of rotatable bonds is 8. The number of aromatic nitrogens is 3. The van der Waals surface area contributed by atoms with Crippen molar-refractivity contribution in [2.45, 2.75) is 26.2 Å². The molecule has 132 valence electrons. The first-order chi connectivity index (χ1) is 12.3. The Morgan fingerprint density at radius 2 is 1.92 bits per heavy atom. The molecule has 0 amide bonds. The monoisotopic (exact) mass is 336 g/mol. The topological polar surface area (TPSA) is 44.8 Å². The molecule has 1 N–H and O–H groups in total. The van der Waals surface area contributed by atoms with Gasteiger partial charge in [-0.15, -0.1) is 0 Å². The highest BCUT2D eigenvalue weighted by molar-refractivity contribution is 5.80. The number of H-pyrrole nitrogens is 1. The van der Waals surface area contributed by atoms with Crippen molar-refractivity contribution in [3.05, 3.63) is 60.6 Å². The van der Waals surface area contributed by atoms with Gasteiger partial charge in [0.2, 0.25) is 0 Å². The molecule has 0 aliphatic rings. The number of hydrogen-bond acceptors (Lipinski definition) is 3. The Labute approximate surface area is 151 Å². The van der Waals surface area contributed by atoms with Crippen molar-refractivity contribution in [3.63, 3.8) is 0 Å². The summed E-state index contributed by atoms with van der Waals surface area (Å²) in [5.41, 5.74) is 5.63. The molecule has 0 fully saturated rings. The zero-order chi connectivity index (χ0) is 17.5. The van der Waals surface area contributed by atoms with E-state index < -0.39 is 0 Å². The highest BCUT2D eigenvalue weighted by atomic mass is 15.1. The second-order valence-electron chi connectivity index (χ2n) is 6.47. The highest BCUT2D eigenvalue weighted by Gasteiger charge is 2.10. The Kier molecular flexibility index (Phi) is 5.96. The minimum Gasteiger partial charge on any atom is -0.306 e. The molecular weight excluding hydrogens is 308 g/mol. The SMILES string of the molecule is CCCN(C)CCCc1cc(-c2cn[nH]c2-c2ccccc2)ccn1.[HH]. The molecule has 3 aromatic rings. The summed E-state index contributed by atoms with van der Waals surface area (Å²) < 4.78 is 0. The van der Waals surface area contributed by atoms with Crippen LogP contribution in [0.2, 0.25) is 0 Å². The summed E-state index contributed by atoms with van der Waals surface area (Å²) in [6.07, 6.45) is 7.13. The molecule has 2 heterocycles. The van der Waals surface area contributed by atoms with Crippen molar-refractivity contribution in [2.75, 3.05) is 20.1 Å². The summed E-state index contributed by atoms with van der Waals surface area (Å²) >= 11 is 0. The molecule has 0 bridgehead atoms. The fourth-order valence-electron chi connectivity index (χ4n) is 3.14. The van der Waals surface area contributed by atoms with E-state index in [1.54, 1.807) is 0 Å². The number of benzene rings is 1. The van der Waals surface area contributed by atoms with E-state index in [1.807, 2.05) is 30.6 Å². The number of nitrogens with zero attached hydrogens (tertiary/aromatic N) is 3. The average Bonchev–Trinajstić information content (AvgIpc) is 3.13. The Morgan fingerprint density at radius 3 is 2.72 bits per heavy atom. The predicted octanol–water partition coefficient (Wildman–Crippen LogP) is 4.66. The van der Waals surface area contributed by atoms with Gasteiger partial charge < -0.3 is 4.90 Å². The molecule has 25 heavy (non-hydrogen) atoms. The van der Waals surface area contributed by atoms with Gasteiger partial charge in [-0.25, -0.2) is 0 Å². The van der Waals surface area contributed by atoms with Gasteiger partial charge in [0.05, 0.1) is 11.9 Å². The molecule has 0 unspecified atom stereocenters. The van der Waals surface area contributed by atoms with E-state index in [0.717, 1.165) is 48.4 Å². The van der Waals surface area contributed by atoms with Gasteiger partial charge in [-0.2, -0.15) is 5.10 Å². The van der Waals surface area contributed by atoms with Crippen LogP contribution >= 0.6 is 0 Å². The van der Waals surface area contributed by atoms with Crippen LogP contribution in [-0.2, 0) is 6.42 Å². The summed E-state index contributed by atoms with van der Waals surface area (Å²) in [5.74, 6) is 0. The summed E-state index contributed by atoms with van der Waals surface area (Å²) in [4.78, 5) is 6.93. The molecule has 1 aromatic carbocycles. The number of hydrogen-bond donors (Lipinski definition) is 1. The van der Waals surface area contributed by atoms with E-state index in [2.05, 4.69) is 58.3 Å². The molecule has 0 radical (unpaired) electrons. The van der Waals surface area contributed by atoms with Gasteiger partial charge in [-0.05, 0) is 57.1 Å². The first kappa shape index (κ1) is 17.4. The molecule has 4 heteroatoms. The molecule has 0 spiro atoms. The van der Waals surface area contributed by atoms with Crippen LogP contribution in [0.5, 0.6) is 0 Å². The fraction of sp³-hybridized carbons (Fsp3) is 0.333. The molecule has 4 nitrogen and oxygen atoms in total. The third-order valence-corrected chi connectivity index (χ3v) is 4.41. The fourth-order valence-corrected chi connectivity index (χ4v) is 3.14. The Morgan fingerprint density at radius 1 is 1.08 bits per heavy atom. The van der Waals surface area contributed by atoms with Gasteiger partial charge in [0.1, 0.15) is 0 Å². The molecule has 0 saturated heterocycles. The van der Waals surface area contributed by atoms with Crippen molar-refractivity contribution in [3.8, 4) is 22.4 Å². The van der Waals surface area contributed by atoms with Crippen molar-refractivity contribution >= 4 is 0 Å². The first-order valence-corrected chi connectivity index (χ1v) is 9.00. The van der Waals surface area contributed by atoms with Crippen molar-refractivity contribution in [2.24, 2.45) is 0 Å². The molecule has 0 aliphatic carbocycles. The van der Waals surface area contributed by atoms with E-state index in [9.17, 15) is 0 Å². The Balaban J connectivity index is 0.00000243. The first-order valence-electron chi connectivity index (χ1n) is 9.00. The number of aromatic amines is 1. The molecule has 0 atom stereocenters. The van der Waals surface area contributed by atoms with Crippen LogP contribution in [0.1, 0.15) is 26.9 Å². The third-order valence-electron chi connectivity index (χ3n) is 4.41. The molecule has 2 aromatic heterocycles. The highest BCUT2D eigenvalue weighted by Crippen LogP contribution is 2.30. The molecule has 0 aliphatic heterocycles. The van der Waals surface area contributed by atoms with Gasteiger partial charge in [-0.1, -0.05) is 37.3 Å². The smallest absolute Gasteiger partial charge is 0.0728 e. The lowest BCUT2D eigenvalue weighted by atomic mass is 10.0. The average molecular weight is 336 g/mol. The van der Waals surface area contributed by atoms with Crippen molar-refractivity contribution in [1.29, 1.82) is 0 Å². The molecule has 0 saturated carbocycles. The van der Waals surface area contributed by atoms with E-state index in [0.29, 0.717) is 0 Å². The zero-order valence-electron chi connectivity index (χ0n) is 15.1. The standard InChI is InChI=1S/C21H26N4.H2/c1-3-13-25(2)14-7-10-19-15-18(11-12-22-19)20-16-23-24-21(20)17-8-5-4-6-9-17;/h4-6,8-9,11-12,15-16H,3,7,10,13-14H2,1-2H3,(H,23,24);1H. The zero-order valence-corrected chi connectivity index (χ0v) is 15.1. The van der Waals surface area contributed by atoms with Gasteiger partial charge in [-0.3, -0.25) is 10.1 Å². The van der Waals surface area contributed by atoms with Gasteiger partial charge in [0.25, 0.3) is 0 Å². The predicted molar refractivity (Wildman–Crippen MR) is 105 cm³/mol. The molecule has 3 rings (SSSR count). The van der Waals surface area contributed by atoms with Gasteiger partial charge >= 0.3 is 0 Å². The minimum atomic E-state index is 0. The van der Waals surface area contributed by atoms with E-state index in [-0.39, 0.29) is 1.43 Å². The van der Waals surface area contributed by atoms with Crippen molar-refractivity contribution < 1.29 is 1.43 Å². The summed E-state index contributed by atoms with van der Waals surface area (Å²) in [6, 6.07) is 14.6. The third kappa shape index (κ3) is 4.54. The van der Waals surface area contributed by atoms with E-state index in [1.165, 1.54) is 12.0 Å². The normalized spacial score (nSPS) is 11.2. The summed E-state index contributed by atoms with van der Waals surface area (Å²) in [6.45, 7) is 4.49. The van der Waals surface area contributed by atoms with Gasteiger partial charge in [0, 0.05) is 24.4 Å². The maximum absolute atomic E-state index is 4.55. The second-order valence-corrected chi connectivity index (χ2v) is 6.47. The van der Waals surface area contributed by atoms with Crippen LogP contribution in [0.3, 0.4) is 0 Å². The number of aryl methyl sites for hydroxylation is 1. The van der Waals surface area contributed by atoms with Crippen LogP contribution in [0.25, 0.3) is 22.4 Å². The van der Waals surface area contributed by atoms with Gasteiger partial charge in [0.15, 0.2) is 0 Å². The Bertz CT molecular complexity index is 785. The van der Waals surface area contributed by atoms with Crippen LogP contribution < -0.4 is 0 Å². The largest absolute Gasteiger partial charge is 0.306 e. The lowest BCUT2D eigenvalue weighted by molar-refractivity contribution is 0.330. The Hall–Kier alpha value is -2.46. The van der Waals surface area contributed by atoms with Crippen LogP contribution in [0, 0.1) is 0 Å². The van der Waals surface area contributed by atoms with Crippen LogP contribution in [0.4, 0.5) is 0 Å². The van der Waals surface area contributed by atoms with Crippen LogP contribution in [0.15, 0.2) is 54.9 Å². The summed E-state index contributed by atoms with van der Waals surface area (Å²) in [7, 11) is 2.19. The maximum Gasteiger partial charge on any atom is 0.0728 e. The number of nitrogens with one attached hydrogen (secondary N) is 1. The minimum absolute atomic E-state index is 0. The van der Waals surface area contributed by atoms with Crippen molar-refractivity contribution in [1.82, 2.24) is 20.1 Å². The summed E-state index contributed by atoms with van der Waals surface area (Å²) in [5, 5.41) is 7.39. The number of pyridine rings is 1. The lowest BCUT2D eigenvalue weighted by Crippen LogP contribution is -2.20. The van der Waals surface area contributed by atoms with E-state index in [4.69, 9.17) is 0 Å². The van der Waals surface area contributed by atoms with E-state index >= 15 is 0 Å². The lowest BCUT2D eigenvalue weighted by Gasteiger charge is -2.14. The quantitative estimate of drug-likeness (QED) is 0.651. The van der Waals surface area contributed by atoms with Crippen LogP contribution in [-0.4, -0.2) is 40.2 Å². The maximum atomic E-state index is 4.55. The molecular formula is C21H28N4. The second kappa shape index (κ2) is 8.58.